The number of morpholine rings is 1. The highest BCUT2D eigenvalue weighted by molar-refractivity contribution is 5.83. The van der Waals surface area contributed by atoms with Gasteiger partial charge in [-0.15, -0.1) is 0 Å². The van der Waals surface area contributed by atoms with E-state index in [0.717, 1.165) is 63.1 Å². The molecule has 0 aliphatic carbocycles. The summed E-state index contributed by atoms with van der Waals surface area (Å²) in [6.45, 7) is 8.46. The highest BCUT2D eigenvalue weighted by atomic mass is 16.5. The molecule has 7 heteroatoms. The van der Waals surface area contributed by atoms with E-state index in [1.165, 1.54) is 0 Å². The Labute approximate surface area is 171 Å². The fourth-order valence-corrected chi connectivity index (χ4v) is 3.42. The summed E-state index contributed by atoms with van der Waals surface area (Å²) >= 11 is 0. The third kappa shape index (κ3) is 6.05. The van der Waals surface area contributed by atoms with Gasteiger partial charge in [0.25, 0.3) is 5.91 Å². The molecule has 29 heavy (non-hydrogen) atoms. The van der Waals surface area contributed by atoms with Crippen molar-refractivity contribution in [2.45, 2.75) is 39.2 Å². The van der Waals surface area contributed by atoms with Crippen LogP contribution in [0.15, 0.2) is 33.5 Å². The predicted molar refractivity (Wildman–Crippen MR) is 111 cm³/mol. The fraction of sp³-hybridized carbons (Fsp3) is 0.545. The van der Waals surface area contributed by atoms with Crippen LogP contribution in [0.2, 0.25) is 0 Å². The zero-order valence-electron chi connectivity index (χ0n) is 17.2. The number of hydrogen-bond donors (Lipinski definition) is 1. The first-order valence-corrected chi connectivity index (χ1v) is 10.4. The van der Waals surface area contributed by atoms with Gasteiger partial charge in [0.15, 0.2) is 6.10 Å². The lowest BCUT2D eigenvalue weighted by Gasteiger charge is -2.26. The van der Waals surface area contributed by atoms with Crippen LogP contribution < -0.4 is 15.7 Å². The van der Waals surface area contributed by atoms with Crippen molar-refractivity contribution in [3.05, 3.63) is 40.2 Å². The highest BCUT2D eigenvalue weighted by Gasteiger charge is 2.16. The molecule has 1 aliphatic rings. The SMILES string of the molecule is CCCCc1cc(=O)oc2cc(O[C@H](C)C(=O)NCCN3CCOCC3)ccc12. The summed E-state index contributed by atoms with van der Waals surface area (Å²) in [5.41, 5.74) is 1.11. The molecule has 1 N–H and O–H groups in total. The first-order chi connectivity index (χ1) is 14.1. The Balaban J connectivity index is 1.58. The highest BCUT2D eigenvalue weighted by Crippen LogP contribution is 2.24. The fourth-order valence-electron chi connectivity index (χ4n) is 3.42. The number of nitrogens with one attached hydrogen (secondary N) is 1. The van der Waals surface area contributed by atoms with Crippen LogP contribution in [-0.2, 0) is 16.0 Å². The quantitative estimate of drug-likeness (QED) is 0.649. The minimum atomic E-state index is -0.646. The topological polar surface area (TPSA) is 81.0 Å². The average molecular weight is 402 g/mol. The van der Waals surface area contributed by atoms with Crippen molar-refractivity contribution in [2.24, 2.45) is 0 Å². The monoisotopic (exact) mass is 402 g/mol. The van der Waals surface area contributed by atoms with Gasteiger partial charge in [0.05, 0.1) is 13.2 Å². The minimum Gasteiger partial charge on any atom is -0.481 e. The zero-order chi connectivity index (χ0) is 20.6. The lowest BCUT2D eigenvalue weighted by Crippen LogP contribution is -2.43. The summed E-state index contributed by atoms with van der Waals surface area (Å²) in [6.07, 6.45) is 2.26. The van der Waals surface area contributed by atoms with Gasteiger partial charge in [-0.2, -0.15) is 0 Å². The van der Waals surface area contributed by atoms with Crippen LogP contribution >= 0.6 is 0 Å². The van der Waals surface area contributed by atoms with Crippen LogP contribution in [0.3, 0.4) is 0 Å². The first-order valence-electron chi connectivity index (χ1n) is 10.4. The van der Waals surface area contributed by atoms with Crippen molar-refractivity contribution in [2.75, 3.05) is 39.4 Å². The van der Waals surface area contributed by atoms with E-state index in [1.54, 1.807) is 19.1 Å². The van der Waals surface area contributed by atoms with Crippen molar-refractivity contribution < 1.29 is 18.7 Å². The predicted octanol–water partition coefficient (Wildman–Crippen LogP) is 2.35. The Morgan fingerprint density at radius 2 is 2.07 bits per heavy atom. The Morgan fingerprint density at radius 1 is 1.28 bits per heavy atom. The largest absolute Gasteiger partial charge is 0.481 e. The van der Waals surface area contributed by atoms with Gasteiger partial charge in [0, 0.05) is 43.7 Å². The summed E-state index contributed by atoms with van der Waals surface area (Å²) in [6, 6.07) is 6.95. The molecule has 158 valence electrons. The summed E-state index contributed by atoms with van der Waals surface area (Å²) in [5, 5.41) is 3.82. The third-order valence-electron chi connectivity index (χ3n) is 5.11. The zero-order valence-corrected chi connectivity index (χ0v) is 17.2. The molecule has 0 bridgehead atoms. The molecule has 7 nitrogen and oxygen atoms in total. The molecule has 1 aromatic heterocycles. The number of benzene rings is 1. The van der Waals surface area contributed by atoms with Crippen LogP contribution in [0.25, 0.3) is 11.0 Å². The molecule has 1 aromatic carbocycles. The summed E-state index contributed by atoms with van der Waals surface area (Å²) in [5.74, 6) is 0.334. The van der Waals surface area contributed by atoms with E-state index >= 15 is 0 Å². The number of carbonyl (C=O) groups is 1. The molecule has 0 radical (unpaired) electrons. The van der Waals surface area contributed by atoms with Gasteiger partial charge >= 0.3 is 5.63 Å². The van der Waals surface area contributed by atoms with Gasteiger partial charge in [-0.25, -0.2) is 4.79 Å². The van der Waals surface area contributed by atoms with Crippen LogP contribution in [-0.4, -0.2) is 56.3 Å². The maximum absolute atomic E-state index is 12.3. The van der Waals surface area contributed by atoms with E-state index in [2.05, 4.69) is 17.1 Å². The van der Waals surface area contributed by atoms with Gasteiger partial charge < -0.3 is 19.2 Å². The van der Waals surface area contributed by atoms with E-state index in [4.69, 9.17) is 13.9 Å². The Morgan fingerprint density at radius 3 is 2.83 bits per heavy atom. The van der Waals surface area contributed by atoms with Gasteiger partial charge in [-0.1, -0.05) is 13.3 Å². The molecule has 0 spiro atoms. The maximum Gasteiger partial charge on any atom is 0.336 e. The maximum atomic E-state index is 12.3. The van der Waals surface area contributed by atoms with Gasteiger partial charge in [-0.3, -0.25) is 9.69 Å². The molecular weight excluding hydrogens is 372 g/mol. The van der Waals surface area contributed by atoms with E-state index in [-0.39, 0.29) is 11.5 Å². The van der Waals surface area contributed by atoms with Crippen molar-refractivity contribution in [3.8, 4) is 5.75 Å². The van der Waals surface area contributed by atoms with Gasteiger partial charge in [0.1, 0.15) is 11.3 Å². The summed E-state index contributed by atoms with van der Waals surface area (Å²) in [4.78, 5) is 26.5. The van der Waals surface area contributed by atoms with Crippen LogP contribution in [0, 0.1) is 0 Å². The number of hydrogen-bond acceptors (Lipinski definition) is 6. The number of rotatable bonds is 9. The molecule has 2 aromatic rings. The number of carbonyl (C=O) groups excluding carboxylic acids is 1. The second-order valence-electron chi connectivity index (χ2n) is 7.36. The minimum absolute atomic E-state index is 0.170. The van der Waals surface area contributed by atoms with Crippen LogP contribution in [0.1, 0.15) is 32.3 Å². The van der Waals surface area contributed by atoms with Crippen LogP contribution in [0.5, 0.6) is 5.75 Å². The number of aryl methyl sites for hydroxylation is 1. The Bertz CT molecular complexity index is 873. The average Bonchev–Trinajstić information content (AvgIpc) is 2.72. The Hall–Kier alpha value is -2.38. The molecule has 0 unspecified atom stereocenters. The summed E-state index contributed by atoms with van der Waals surface area (Å²) < 4.78 is 16.4. The normalized spacial score (nSPS) is 15.9. The van der Waals surface area contributed by atoms with E-state index in [9.17, 15) is 9.59 Å². The molecular formula is C22H30N2O5. The van der Waals surface area contributed by atoms with Crippen LogP contribution in [0.4, 0.5) is 0 Å². The number of ether oxygens (including phenoxy) is 2. The standard InChI is InChI=1S/C22H30N2O5/c1-3-4-5-17-14-21(25)29-20-15-18(6-7-19(17)20)28-16(2)22(26)23-8-9-24-10-12-27-13-11-24/h6-7,14-16H,3-5,8-13H2,1-2H3,(H,23,26)/t16-/m1/s1. The third-order valence-corrected chi connectivity index (χ3v) is 5.11. The molecule has 3 rings (SSSR count). The van der Waals surface area contributed by atoms with E-state index < -0.39 is 6.10 Å². The number of nitrogens with zero attached hydrogens (tertiary/aromatic N) is 1. The van der Waals surface area contributed by atoms with E-state index in [1.807, 2.05) is 12.1 Å². The number of amides is 1. The smallest absolute Gasteiger partial charge is 0.336 e. The van der Waals surface area contributed by atoms with Crippen molar-refractivity contribution in [3.63, 3.8) is 0 Å². The number of unbranched alkanes of at least 4 members (excludes halogenated alkanes) is 1. The first kappa shape index (κ1) is 21.3. The molecule has 0 saturated carbocycles. The van der Waals surface area contributed by atoms with Crippen molar-refractivity contribution in [1.29, 1.82) is 0 Å². The molecule has 1 fully saturated rings. The van der Waals surface area contributed by atoms with Gasteiger partial charge in [-0.05, 0) is 37.5 Å². The second kappa shape index (κ2) is 10.4. The second-order valence-corrected chi connectivity index (χ2v) is 7.36. The lowest BCUT2D eigenvalue weighted by atomic mass is 10.0. The number of fused-ring (bicyclic) bond motifs is 1. The van der Waals surface area contributed by atoms with Crippen molar-refractivity contribution >= 4 is 16.9 Å². The van der Waals surface area contributed by atoms with E-state index in [0.29, 0.717) is 17.9 Å². The molecule has 1 saturated heterocycles. The van der Waals surface area contributed by atoms with Gasteiger partial charge in [0.2, 0.25) is 0 Å². The van der Waals surface area contributed by atoms with Crippen molar-refractivity contribution in [1.82, 2.24) is 10.2 Å². The summed E-state index contributed by atoms with van der Waals surface area (Å²) in [7, 11) is 0. The molecule has 1 aliphatic heterocycles. The molecule has 1 amide bonds. The Kier molecular flexibility index (Phi) is 7.66. The lowest BCUT2D eigenvalue weighted by molar-refractivity contribution is -0.127. The molecule has 1 atom stereocenters. The molecule has 2 heterocycles.